The maximum atomic E-state index is 13.0. The normalized spacial score (nSPS) is 14.8. The Bertz CT molecular complexity index is 906. The van der Waals surface area contributed by atoms with Gasteiger partial charge in [0.1, 0.15) is 5.82 Å². The van der Waals surface area contributed by atoms with Crippen molar-refractivity contribution in [3.8, 4) is 0 Å². The van der Waals surface area contributed by atoms with Gasteiger partial charge in [0.25, 0.3) is 0 Å². The van der Waals surface area contributed by atoms with Crippen molar-refractivity contribution in [2.75, 3.05) is 11.1 Å². The number of aromatic nitrogens is 2. The number of nitrogen functional groups attached to an aromatic ring is 1. The van der Waals surface area contributed by atoms with E-state index in [-0.39, 0.29) is 29.9 Å². The molecule has 0 radical (unpaired) electrons. The number of anilines is 2. The number of benzene rings is 1. The van der Waals surface area contributed by atoms with Gasteiger partial charge in [0, 0.05) is 11.3 Å². The van der Waals surface area contributed by atoms with Gasteiger partial charge < -0.3 is 16.2 Å². The molecule has 0 fully saturated rings. The van der Waals surface area contributed by atoms with Crippen LogP contribution in [0.1, 0.15) is 35.3 Å². The van der Waals surface area contributed by atoms with Crippen LogP contribution in [0, 0.1) is 0 Å². The van der Waals surface area contributed by atoms with Crippen molar-refractivity contribution in [1.82, 2.24) is 14.9 Å². The molecule has 144 valence electrons. The number of fused-ring (bicyclic) bond motifs is 1. The Labute approximate surface area is 157 Å². The number of rotatable bonds is 3. The lowest BCUT2D eigenvalue weighted by Gasteiger charge is -2.19. The first-order valence-corrected chi connectivity index (χ1v) is 8.19. The number of nitrogens with one attached hydrogen (secondary N) is 1. The van der Waals surface area contributed by atoms with Gasteiger partial charge in [0.15, 0.2) is 0 Å². The molecule has 0 aliphatic carbocycles. The van der Waals surface area contributed by atoms with E-state index in [2.05, 4.69) is 15.3 Å². The zero-order valence-electron chi connectivity index (χ0n) is 14.0. The largest absolute Gasteiger partial charge is 0.465 e. The first kappa shape index (κ1) is 19.0. The monoisotopic (exact) mass is 401 g/mol. The van der Waals surface area contributed by atoms with Crippen molar-refractivity contribution in [2.24, 2.45) is 0 Å². The van der Waals surface area contributed by atoms with Gasteiger partial charge >= 0.3 is 12.3 Å². The molecule has 27 heavy (non-hydrogen) atoms. The van der Waals surface area contributed by atoms with Crippen LogP contribution in [0.25, 0.3) is 0 Å². The molecule has 3 rings (SSSR count). The summed E-state index contributed by atoms with van der Waals surface area (Å²) in [6.45, 7) is 1.76. The van der Waals surface area contributed by atoms with Crippen molar-refractivity contribution in [3.63, 3.8) is 0 Å². The van der Waals surface area contributed by atoms with E-state index in [9.17, 15) is 18.0 Å². The van der Waals surface area contributed by atoms with Gasteiger partial charge in [0.05, 0.1) is 30.4 Å². The van der Waals surface area contributed by atoms with Crippen LogP contribution in [-0.2, 0) is 19.3 Å². The van der Waals surface area contributed by atoms with Crippen LogP contribution in [0.2, 0.25) is 5.28 Å². The topological polar surface area (TPSA) is 104 Å². The molecule has 1 aromatic carbocycles. The third-order valence-electron chi connectivity index (χ3n) is 4.18. The first-order valence-electron chi connectivity index (χ1n) is 7.82. The van der Waals surface area contributed by atoms with E-state index >= 15 is 0 Å². The standard InChI is InChI=1S/C16H15ClF3N5O2/c1-7(8-2-9(16(18,19)20)4-10(21)3-8)22-13-11-5-25(15(26)27)6-12(11)23-14(17)24-13/h2-4,7H,5-6,21H2,1H3,(H,26,27)(H,22,23,24)/t7-/m1/s1. The molecule has 1 aromatic heterocycles. The molecular weight excluding hydrogens is 387 g/mol. The summed E-state index contributed by atoms with van der Waals surface area (Å²) in [5.74, 6) is 0.275. The Morgan fingerprint density at radius 1 is 1.33 bits per heavy atom. The fourth-order valence-corrected chi connectivity index (χ4v) is 3.04. The summed E-state index contributed by atoms with van der Waals surface area (Å²) in [4.78, 5) is 20.4. The summed E-state index contributed by atoms with van der Waals surface area (Å²) in [5, 5.41) is 12.0. The average molecular weight is 402 g/mol. The van der Waals surface area contributed by atoms with Gasteiger partial charge in [-0.05, 0) is 42.3 Å². The molecule has 7 nitrogen and oxygen atoms in total. The predicted molar refractivity (Wildman–Crippen MR) is 92.2 cm³/mol. The second-order valence-corrected chi connectivity index (χ2v) is 6.50. The second-order valence-electron chi connectivity index (χ2n) is 6.16. The van der Waals surface area contributed by atoms with Gasteiger partial charge in [-0.3, -0.25) is 4.90 Å². The summed E-state index contributed by atoms with van der Waals surface area (Å²) in [6, 6.07) is 2.70. The number of nitrogens with zero attached hydrogens (tertiary/aromatic N) is 3. The van der Waals surface area contributed by atoms with Gasteiger partial charge in [-0.25, -0.2) is 14.8 Å². The Hall–Kier alpha value is -2.75. The van der Waals surface area contributed by atoms with Crippen molar-refractivity contribution in [1.29, 1.82) is 0 Å². The third kappa shape index (κ3) is 4.00. The minimum absolute atomic E-state index is 0.0172. The van der Waals surface area contributed by atoms with Crippen LogP contribution >= 0.6 is 11.6 Å². The summed E-state index contributed by atoms with van der Waals surface area (Å²) in [7, 11) is 0. The molecule has 2 heterocycles. The summed E-state index contributed by atoms with van der Waals surface area (Å²) in [6.07, 6.45) is -5.64. The van der Waals surface area contributed by atoms with Gasteiger partial charge in [0.2, 0.25) is 5.28 Å². The number of amides is 1. The van der Waals surface area contributed by atoms with Crippen molar-refractivity contribution >= 4 is 29.2 Å². The van der Waals surface area contributed by atoms with E-state index in [0.717, 1.165) is 17.0 Å². The first-order chi connectivity index (χ1) is 12.5. The minimum atomic E-state index is -4.52. The quantitative estimate of drug-likeness (QED) is 0.532. The number of alkyl halides is 3. The third-order valence-corrected chi connectivity index (χ3v) is 4.35. The molecule has 0 bridgehead atoms. The maximum absolute atomic E-state index is 13.0. The van der Waals surface area contributed by atoms with Crippen LogP contribution in [0.3, 0.4) is 0 Å². The number of halogens is 4. The highest BCUT2D eigenvalue weighted by Crippen LogP contribution is 2.34. The van der Waals surface area contributed by atoms with E-state index in [4.69, 9.17) is 22.4 Å². The van der Waals surface area contributed by atoms with Crippen molar-refractivity contribution in [2.45, 2.75) is 32.2 Å². The summed E-state index contributed by atoms with van der Waals surface area (Å²) >= 11 is 5.90. The van der Waals surface area contributed by atoms with E-state index < -0.39 is 23.9 Å². The second kappa shape index (κ2) is 6.76. The fraction of sp³-hybridized carbons (Fsp3) is 0.312. The van der Waals surface area contributed by atoms with E-state index in [1.54, 1.807) is 6.92 Å². The Morgan fingerprint density at radius 2 is 2.04 bits per heavy atom. The van der Waals surface area contributed by atoms with Crippen molar-refractivity contribution in [3.05, 3.63) is 45.9 Å². The van der Waals surface area contributed by atoms with Crippen LogP contribution in [0.4, 0.5) is 29.5 Å². The highest BCUT2D eigenvalue weighted by Gasteiger charge is 2.32. The zero-order valence-corrected chi connectivity index (χ0v) is 14.8. The number of hydrogen-bond donors (Lipinski definition) is 3. The van der Waals surface area contributed by atoms with Crippen LogP contribution < -0.4 is 11.1 Å². The van der Waals surface area contributed by atoms with E-state index in [0.29, 0.717) is 16.8 Å². The molecular formula is C16H15ClF3N5O2. The van der Waals surface area contributed by atoms with Gasteiger partial charge in [-0.1, -0.05) is 0 Å². The van der Waals surface area contributed by atoms with E-state index in [1.165, 1.54) is 6.07 Å². The number of hydrogen-bond acceptors (Lipinski definition) is 5. The lowest BCUT2D eigenvalue weighted by atomic mass is 10.0. The predicted octanol–water partition coefficient (Wildman–Crippen LogP) is 3.90. The van der Waals surface area contributed by atoms with Crippen LogP contribution in [0.15, 0.2) is 18.2 Å². The van der Waals surface area contributed by atoms with Crippen LogP contribution in [0.5, 0.6) is 0 Å². The van der Waals surface area contributed by atoms with Gasteiger partial charge in [-0.15, -0.1) is 0 Å². The Morgan fingerprint density at radius 3 is 2.67 bits per heavy atom. The summed E-state index contributed by atoms with van der Waals surface area (Å²) in [5.41, 5.74) is 6.03. The highest BCUT2D eigenvalue weighted by atomic mass is 35.5. The van der Waals surface area contributed by atoms with E-state index in [1.807, 2.05) is 0 Å². The molecule has 1 aliphatic heterocycles. The van der Waals surface area contributed by atoms with Crippen LogP contribution in [-0.4, -0.2) is 26.1 Å². The molecule has 2 aromatic rings. The minimum Gasteiger partial charge on any atom is -0.465 e. The molecule has 4 N–H and O–H groups in total. The average Bonchev–Trinajstić information content (AvgIpc) is 2.97. The molecule has 1 aliphatic rings. The van der Waals surface area contributed by atoms with Gasteiger partial charge in [-0.2, -0.15) is 13.2 Å². The zero-order chi connectivity index (χ0) is 19.9. The molecule has 0 unspecified atom stereocenters. The molecule has 1 amide bonds. The maximum Gasteiger partial charge on any atom is 0.416 e. The Kier molecular flexibility index (Phi) is 4.77. The molecule has 0 saturated heterocycles. The SMILES string of the molecule is C[C@@H](Nc1nc(Cl)nc2c1CN(C(=O)O)C2)c1cc(N)cc(C(F)(F)F)c1. The summed E-state index contributed by atoms with van der Waals surface area (Å²) < 4.78 is 39.0. The molecule has 1 atom stereocenters. The van der Waals surface area contributed by atoms with Crippen molar-refractivity contribution < 1.29 is 23.1 Å². The Balaban J connectivity index is 1.91. The number of carbonyl (C=O) groups is 1. The lowest BCUT2D eigenvalue weighted by molar-refractivity contribution is -0.137. The number of nitrogens with two attached hydrogens (primary N) is 1. The lowest BCUT2D eigenvalue weighted by Crippen LogP contribution is -2.23. The molecule has 0 saturated carbocycles. The molecule has 0 spiro atoms. The highest BCUT2D eigenvalue weighted by molar-refractivity contribution is 6.28. The fourth-order valence-electron chi connectivity index (χ4n) is 2.86. The smallest absolute Gasteiger partial charge is 0.416 e. The number of carboxylic acid groups (broad SMARTS) is 1. The molecule has 11 heteroatoms.